The number of rotatable bonds is 0. The zero-order valence-corrected chi connectivity index (χ0v) is 9.18. The summed E-state index contributed by atoms with van der Waals surface area (Å²) >= 11 is 0. The van der Waals surface area contributed by atoms with E-state index in [2.05, 4.69) is 6.92 Å². The summed E-state index contributed by atoms with van der Waals surface area (Å²) in [7, 11) is 0. The highest BCUT2D eigenvalue weighted by Crippen LogP contribution is 2.26. The Labute approximate surface area is 82.5 Å². The minimum Gasteiger partial charge on any atom is -0.390 e. The second-order valence-corrected chi connectivity index (χ2v) is 5.09. The molecule has 1 saturated carbocycles. The van der Waals surface area contributed by atoms with Crippen LogP contribution in [0.5, 0.6) is 0 Å². The predicted molar refractivity (Wildman–Crippen MR) is 56.7 cm³/mol. The Bertz CT molecular complexity index is 140. The van der Waals surface area contributed by atoms with Crippen LogP contribution in [0.2, 0.25) is 0 Å². The molecule has 0 radical (unpaired) electrons. The van der Waals surface area contributed by atoms with Crippen molar-refractivity contribution < 1.29 is 5.11 Å². The van der Waals surface area contributed by atoms with Crippen molar-refractivity contribution in [2.45, 2.75) is 70.8 Å². The molecule has 1 heteroatoms. The fourth-order valence-corrected chi connectivity index (χ4v) is 2.28. The second-order valence-electron chi connectivity index (χ2n) is 5.09. The monoisotopic (exact) mass is 184 g/mol. The van der Waals surface area contributed by atoms with Gasteiger partial charge in [-0.25, -0.2) is 0 Å². The Kier molecular flexibility index (Phi) is 4.24. The molecule has 0 aliphatic heterocycles. The van der Waals surface area contributed by atoms with Crippen LogP contribution in [0.3, 0.4) is 0 Å². The van der Waals surface area contributed by atoms with Gasteiger partial charge in [-0.2, -0.15) is 0 Å². The average Bonchev–Trinajstić information content (AvgIpc) is 2.02. The maximum atomic E-state index is 9.98. The van der Waals surface area contributed by atoms with Crippen molar-refractivity contribution >= 4 is 0 Å². The van der Waals surface area contributed by atoms with Gasteiger partial charge in [0.1, 0.15) is 0 Å². The highest BCUT2D eigenvalue weighted by atomic mass is 16.3. The van der Waals surface area contributed by atoms with E-state index in [9.17, 15) is 5.11 Å². The van der Waals surface area contributed by atoms with Crippen LogP contribution in [0.15, 0.2) is 0 Å². The summed E-state index contributed by atoms with van der Waals surface area (Å²) in [5.41, 5.74) is -0.378. The lowest BCUT2D eigenvalue weighted by atomic mass is 9.87. The summed E-state index contributed by atoms with van der Waals surface area (Å²) < 4.78 is 0. The molecule has 78 valence electrons. The molecule has 0 saturated heterocycles. The first-order valence-electron chi connectivity index (χ1n) is 5.82. The summed E-state index contributed by atoms with van der Waals surface area (Å²) in [5.74, 6) is 0.869. The molecule has 1 aliphatic rings. The predicted octanol–water partition coefficient (Wildman–Crippen LogP) is 3.51. The van der Waals surface area contributed by atoms with Gasteiger partial charge in [-0.3, -0.25) is 0 Å². The van der Waals surface area contributed by atoms with Gasteiger partial charge in [-0.15, -0.1) is 0 Å². The van der Waals surface area contributed by atoms with Crippen LogP contribution in [-0.2, 0) is 0 Å². The molecule has 2 unspecified atom stereocenters. The van der Waals surface area contributed by atoms with E-state index in [0.717, 1.165) is 18.8 Å². The van der Waals surface area contributed by atoms with E-state index in [-0.39, 0.29) is 5.60 Å². The van der Waals surface area contributed by atoms with Crippen molar-refractivity contribution in [2.75, 3.05) is 0 Å². The van der Waals surface area contributed by atoms with Crippen molar-refractivity contribution in [2.24, 2.45) is 5.92 Å². The fourth-order valence-electron chi connectivity index (χ4n) is 2.28. The molecule has 1 nitrogen and oxygen atoms in total. The largest absolute Gasteiger partial charge is 0.390 e. The molecule has 13 heavy (non-hydrogen) atoms. The summed E-state index contributed by atoms with van der Waals surface area (Å²) in [6.45, 7) is 4.34. The fraction of sp³-hybridized carbons (Fsp3) is 1.00. The summed E-state index contributed by atoms with van der Waals surface area (Å²) in [6.07, 6.45) is 9.77. The van der Waals surface area contributed by atoms with Gasteiger partial charge in [0.25, 0.3) is 0 Å². The van der Waals surface area contributed by atoms with E-state index < -0.39 is 0 Å². The highest BCUT2D eigenvalue weighted by molar-refractivity contribution is 4.74. The lowest BCUT2D eigenvalue weighted by Crippen LogP contribution is -2.24. The highest BCUT2D eigenvalue weighted by Gasteiger charge is 2.20. The maximum absolute atomic E-state index is 9.98. The van der Waals surface area contributed by atoms with E-state index in [0.29, 0.717) is 0 Å². The molecule has 0 heterocycles. The Morgan fingerprint density at radius 2 is 1.62 bits per heavy atom. The third kappa shape index (κ3) is 4.66. The number of hydrogen-bond donors (Lipinski definition) is 1. The van der Waals surface area contributed by atoms with E-state index in [1.165, 1.54) is 38.5 Å². The van der Waals surface area contributed by atoms with Gasteiger partial charge in [0.2, 0.25) is 0 Å². The molecular formula is C12H24O. The van der Waals surface area contributed by atoms with Crippen LogP contribution >= 0.6 is 0 Å². The van der Waals surface area contributed by atoms with Gasteiger partial charge in [0, 0.05) is 0 Å². The van der Waals surface area contributed by atoms with Gasteiger partial charge in [-0.1, -0.05) is 45.4 Å². The van der Waals surface area contributed by atoms with Crippen LogP contribution in [0.4, 0.5) is 0 Å². The maximum Gasteiger partial charge on any atom is 0.0619 e. The van der Waals surface area contributed by atoms with E-state index in [4.69, 9.17) is 0 Å². The lowest BCUT2D eigenvalue weighted by Gasteiger charge is -2.25. The summed E-state index contributed by atoms with van der Waals surface area (Å²) in [4.78, 5) is 0. The molecule has 1 N–H and O–H groups in total. The van der Waals surface area contributed by atoms with Crippen LogP contribution in [0, 0.1) is 5.92 Å². The van der Waals surface area contributed by atoms with Crippen molar-refractivity contribution in [3.8, 4) is 0 Å². The third-order valence-electron chi connectivity index (χ3n) is 3.32. The minimum atomic E-state index is -0.378. The van der Waals surface area contributed by atoms with E-state index in [1.54, 1.807) is 0 Å². The molecule has 0 aromatic rings. The van der Waals surface area contributed by atoms with Gasteiger partial charge in [0.05, 0.1) is 5.60 Å². The third-order valence-corrected chi connectivity index (χ3v) is 3.32. The van der Waals surface area contributed by atoms with Crippen LogP contribution in [0.1, 0.15) is 65.2 Å². The topological polar surface area (TPSA) is 20.2 Å². The molecule has 0 amide bonds. The summed E-state index contributed by atoms with van der Waals surface area (Å²) in [6, 6.07) is 0. The van der Waals surface area contributed by atoms with Crippen LogP contribution in [-0.4, -0.2) is 10.7 Å². The first-order chi connectivity index (χ1) is 6.10. The molecule has 1 fully saturated rings. The van der Waals surface area contributed by atoms with Crippen LogP contribution in [0.25, 0.3) is 0 Å². The Balaban J connectivity index is 2.35. The number of aliphatic hydroxyl groups is 1. The Morgan fingerprint density at radius 3 is 2.38 bits per heavy atom. The smallest absolute Gasteiger partial charge is 0.0619 e. The van der Waals surface area contributed by atoms with Crippen molar-refractivity contribution in [1.82, 2.24) is 0 Å². The average molecular weight is 184 g/mol. The standard InChI is InChI=1S/C12H24O/c1-11-7-4-3-5-9-12(2,13)10-6-8-11/h11,13H,3-10H2,1-2H3. The van der Waals surface area contributed by atoms with Crippen molar-refractivity contribution in [1.29, 1.82) is 0 Å². The molecule has 1 aliphatic carbocycles. The second kappa shape index (κ2) is 4.99. The first-order valence-corrected chi connectivity index (χ1v) is 5.82. The van der Waals surface area contributed by atoms with Crippen molar-refractivity contribution in [3.05, 3.63) is 0 Å². The van der Waals surface area contributed by atoms with Crippen LogP contribution < -0.4 is 0 Å². The zero-order chi connectivity index (χ0) is 9.73. The minimum absolute atomic E-state index is 0.378. The lowest BCUT2D eigenvalue weighted by molar-refractivity contribution is 0.0342. The number of hydrogen-bond acceptors (Lipinski definition) is 1. The SMILES string of the molecule is CC1CCCCCC(C)(O)CCC1. The zero-order valence-electron chi connectivity index (χ0n) is 9.18. The first kappa shape index (κ1) is 11.0. The van der Waals surface area contributed by atoms with Gasteiger partial charge < -0.3 is 5.11 Å². The Morgan fingerprint density at radius 1 is 1.00 bits per heavy atom. The van der Waals surface area contributed by atoms with Gasteiger partial charge >= 0.3 is 0 Å². The molecular weight excluding hydrogens is 160 g/mol. The quantitative estimate of drug-likeness (QED) is 0.611. The van der Waals surface area contributed by atoms with E-state index >= 15 is 0 Å². The molecule has 2 atom stereocenters. The molecule has 0 spiro atoms. The van der Waals surface area contributed by atoms with Gasteiger partial charge in [0.15, 0.2) is 0 Å². The molecule has 0 aromatic heterocycles. The molecule has 1 rings (SSSR count). The van der Waals surface area contributed by atoms with Gasteiger partial charge in [-0.05, 0) is 25.7 Å². The Hall–Kier alpha value is -0.0400. The normalized spacial score (nSPS) is 38.5. The molecule has 0 aromatic carbocycles. The van der Waals surface area contributed by atoms with Crippen molar-refractivity contribution in [3.63, 3.8) is 0 Å². The summed E-state index contributed by atoms with van der Waals surface area (Å²) in [5, 5.41) is 9.98. The molecule has 0 bridgehead atoms. The van der Waals surface area contributed by atoms with E-state index in [1.807, 2.05) is 6.92 Å².